The molecule has 0 fully saturated rings. The third-order valence-electron chi connectivity index (χ3n) is 1.81. The molecule has 3 heteroatoms. The first kappa shape index (κ1) is 10.1. The molecule has 0 bridgehead atoms. The van der Waals surface area contributed by atoms with Gasteiger partial charge in [0.2, 0.25) is 0 Å². The lowest BCUT2D eigenvalue weighted by Crippen LogP contribution is -1.93. The summed E-state index contributed by atoms with van der Waals surface area (Å²) in [6.45, 7) is 3.73. The van der Waals surface area contributed by atoms with Crippen LogP contribution in [0.15, 0.2) is 23.2 Å². The van der Waals surface area contributed by atoms with Crippen LogP contribution in [0.3, 0.4) is 0 Å². The Bertz CT molecular complexity index is 323. The van der Waals surface area contributed by atoms with E-state index in [-0.39, 0.29) is 0 Å². The predicted octanol–water partition coefficient (Wildman–Crippen LogP) is 3.14. The first-order valence-electron chi connectivity index (χ1n) is 3.90. The summed E-state index contributed by atoms with van der Waals surface area (Å²) in [6, 6.07) is 3.90. The van der Waals surface area contributed by atoms with Gasteiger partial charge in [0.15, 0.2) is 0 Å². The van der Waals surface area contributed by atoms with Crippen molar-refractivity contribution in [1.29, 1.82) is 0 Å². The Morgan fingerprint density at radius 1 is 1.54 bits per heavy atom. The van der Waals surface area contributed by atoms with Crippen molar-refractivity contribution in [2.75, 3.05) is 19.5 Å². The molecule has 0 atom stereocenters. The van der Waals surface area contributed by atoms with Gasteiger partial charge in [-0.3, -0.25) is 0 Å². The smallest absolute Gasteiger partial charge is 0.133 e. The van der Waals surface area contributed by atoms with Gasteiger partial charge in [-0.05, 0) is 28.1 Å². The summed E-state index contributed by atoms with van der Waals surface area (Å²) in [5, 5.41) is 3.08. The zero-order valence-corrected chi connectivity index (χ0v) is 9.31. The molecule has 0 spiro atoms. The molecular weight excluding hydrogens is 230 g/mol. The normalized spacial score (nSPS) is 9.46. The van der Waals surface area contributed by atoms with Gasteiger partial charge in [-0.15, -0.1) is 0 Å². The predicted molar refractivity (Wildman–Crippen MR) is 60.3 cm³/mol. The summed E-state index contributed by atoms with van der Waals surface area (Å²) < 4.78 is 6.10. The Balaban J connectivity index is 3.26. The maximum Gasteiger partial charge on any atom is 0.133 e. The number of ether oxygens (including phenoxy) is 1. The molecule has 1 aromatic carbocycles. The monoisotopic (exact) mass is 241 g/mol. The van der Waals surface area contributed by atoms with E-state index in [1.165, 1.54) is 0 Å². The average molecular weight is 242 g/mol. The van der Waals surface area contributed by atoms with Gasteiger partial charge in [0.1, 0.15) is 5.75 Å². The number of benzene rings is 1. The third kappa shape index (κ3) is 2.04. The molecule has 1 aromatic rings. The minimum absolute atomic E-state index is 0.814. The van der Waals surface area contributed by atoms with Crippen molar-refractivity contribution < 1.29 is 4.74 Å². The lowest BCUT2D eigenvalue weighted by molar-refractivity contribution is 0.412. The van der Waals surface area contributed by atoms with Crippen LogP contribution in [0.1, 0.15) is 5.56 Å². The van der Waals surface area contributed by atoms with Crippen LogP contribution in [0, 0.1) is 0 Å². The van der Waals surface area contributed by atoms with Crippen molar-refractivity contribution in [2.45, 2.75) is 0 Å². The van der Waals surface area contributed by atoms with Crippen molar-refractivity contribution in [3.63, 3.8) is 0 Å². The maximum absolute atomic E-state index is 5.16. The van der Waals surface area contributed by atoms with Crippen LogP contribution >= 0.6 is 15.9 Å². The van der Waals surface area contributed by atoms with Crippen LogP contribution in [-0.2, 0) is 0 Å². The van der Waals surface area contributed by atoms with Crippen LogP contribution in [0.25, 0.3) is 6.08 Å². The number of anilines is 1. The summed E-state index contributed by atoms with van der Waals surface area (Å²) >= 11 is 3.41. The molecule has 1 rings (SSSR count). The van der Waals surface area contributed by atoms with E-state index in [0.717, 1.165) is 21.5 Å². The minimum atomic E-state index is 0.814. The van der Waals surface area contributed by atoms with Gasteiger partial charge in [0.25, 0.3) is 0 Å². The van der Waals surface area contributed by atoms with Gasteiger partial charge in [0.05, 0.1) is 11.6 Å². The van der Waals surface area contributed by atoms with Crippen molar-refractivity contribution in [1.82, 2.24) is 0 Å². The molecule has 1 N–H and O–H groups in total. The number of nitrogens with one attached hydrogen (secondary N) is 1. The topological polar surface area (TPSA) is 21.3 Å². The molecule has 13 heavy (non-hydrogen) atoms. The number of methoxy groups -OCH3 is 1. The van der Waals surface area contributed by atoms with E-state index in [0.29, 0.717) is 0 Å². The molecule has 0 saturated heterocycles. The van der Waals surface area contributed by atoms with Crippen molar-refractivity contribution in [2.24, 2.45) is 0 Å². The molecule has 0 radical (unpaired) electrons. The second-order valence-corrected chi connectivity index (χ2v) is 3.38. The van der Waals surface area contributed by atoms with Gasteiger partial charge >= 0.3 is 0 Å². The van der Waals surface area contributed by atoms with Gasteiger partial charge in [-0.25, -0.2) is 0 Å². The standard InChI is InChI=1S/C10H12BrNO/c1-4-7-5-10(13-3)8(11)6-9(7)12-2/h4-6,12H,1H2,2-3H3. The number of halogens is 1. The van der Waals surface area contributed by atoms with E-state index in [4.69, 9.17) is 4.74 Å². The van der Waals surface area contributed by atoms with Crippen molar-refractivity contribution >= 4 is 27.7 Å². The largest absolute Gasteiger partial charge is 0.496 e. The van der Waals surface area contributed by atoms with E-state index in [1.54, 1.807) is 13.2 Å². The summed E-state index contributed by atoms with van der Waals surface area (Å²) in [6.07, 6.45) is 1.79. The van der Waals surface area contributed by atoms with Gasteiger partial charge in [-0.2, -0.15) is 0 Å². The highest BCUT2D eigenvalue weighted by molar-refractivity contribution is 9.10. The zero-order valence-electron chi connectivity index (χ0n) is 7.73. The lowest BCUT2D eigenvalue weighted by atomic mass is 10.1. The van der Waals surface area contributed by atoms with E-state index >= 15 is 0 Å². The van der Waals surface area contributed by atoms with Crippen molar-refractivity contribution in [3.05, 3.63) is 28.7 Å². The van der Waals surface area contributed by atoms with Gasteiger partial charge in [0, 0.05) is 18.3 Å². The molecule has 0 unspecified atom stereocenters. The quantitative estimate of drug-likeness (QED) is 0.879. The summed E-state index contributed by atoms with van der Waals surface area (Å²) in [5.74, 6) is 0.814. The second kappa shape index (κ2) is 4.33. The third-order valence-corrected chi connectivity index (χ3v) is 2.43. The molecule has 0 heterocycles. The first-order valence-corrected chi connectivity index (χ1v) is 4.70. The summed E-state index contributed by atoms with van der Waals surface area (Å²) in [7, 11) is 3.52. The molecule has 0 aromatic heterocycles. The van der Waals surface area contributed by atoms with E-state index in [1.807, 2.05) is 19.2 Å². The Kier molecular flexibility index (Phi) is 3.37. The molecular formula is C10H12BrNO. The molecule has 2 nitrogen and oxygen atoms in total. The van der Waals surface area contributed by atoms with Gasteiger partial charge in [-0.1, -0.05) is 12.7 Å². The fourth-order valence-corrected chi connectivity index (χ4v) is 1.62. The highest BCUT2D eigenvalue weighted by Gasteiger charge is 2.04. The Hall–Kier alpha value is -0.960. The fraction of sp³-hybridized carbons (Fsp3) is 0.200. The van der Waals surface area contributed by atoms with E-state index < -0.39 is 0 Å². The molecule has 70 valence electrons. The number of hydrogen-bond acceptors (Lipinski definition) is 2. The molecule has 0 aliphatic rings. The Morgan fingerprint density at radius 2 is 2.23 bits per heavy atom. The Morgan fingerprint density at radius 3 is 2.69 bits per heavy atom. The van der Waals surface area contributed by atoms with Crippen LogP contribution < -0.4 is 10.1 Å². The second-order valence-electron chi connectivity index (χ2n) is 2.53. The molecule has 0 aliphatic carbocycles. The van der Waals surface area contributed by atoms with Crippen LogP contribution in [-0.4, -0.2) is 14.2 Å². The molecule has 0 saturated carbocycles. The van der Waals surface area contributed by atoms with Crippen LogP contribution in [0.4, 0.5) is 5.69 Å². The number of hydrogen-bond donors (Lipinski definition) is 1. The lowest BCUT2D eigenvalue weighted by Gasteiger charge is -2.09. The average Bonchev–Trinajstić information content (AvgIpc) is 2.17. The summed E-state index contributed by atoms with van der Waals surface area (Å²) in [4.78, 5) is 0. The fourth-order valence-electron chi connectivity index (χ4n) is 1.11. The highest BCUT2D eigenvalue weighted by atomic mass is 79.9. The van der Waals surface area contributed by atoms with Crippen LogP contribution in [0.5, 0.6) is 5.75 Å². The van der Waals surface area contributed by atoms with Crippen molar-refractivity contribution in [3.8, 4) is 5.75 Å². The molecule has 0 amide bonds. The van der Waals surface area contributed by atoms with Crippen LogP contribution in [0.2, 0.25) is 0 Å². The maximum atomic E-state index is 5.16. The Labute approximate surface area is 86.7 Å². The zero-order chi connectivity index (χ0) is 9.84. The van der Waals surface area contributed by atoms with E-state index in [2.05, 4.69) is 27.8 Å². The minimum Gasteiger partial charge on any atom is -0.496 e. The first-order chi connectivity index (χ1) is 6.22. The summed E-state index contributed by atoms with van der Waals surface area (Å²) in [5.41, 5.74) is 2.06. The SMILES string of the molecule is C=Cc1cc(OC)c(Br)cc1NC. The molecule has 0 aliphatic heterocycles. The van der Waals surface area contributed by atoms with Gasteiger partial charge < -0.3 is 10.1 Å². The van der Waals surface area contributed by atoms with E-state index in [9.17, 15) is 0 Å². The highest BCUT2D eigenvalue weighted by Crippen LogP contribution is 2.31. The number of rotatable bonds is 3.